The lowest BCUT2D eigenvalue weighted by atomic mass is 10.2. The minimum atomic E-state index is 0.411. The first kappa shape index (κ1) is 13.8. The first-order valence-electron chi connectivity index (χ1n) is 5.67. The average molecular weight is 297 g/mol. The van der Waals surface area contributed by atoms with Crippen molar-refractivity contribution in [3.05, 3.63) is 46.4 Å². The molecule has 0 aromatic heterocycles. The Morgan fingerprint density at radius 1 is 1.05 bits per heavy atom. The normalized spacial score (nSPS) is 10.3. The molecule has 100 valence electrons. The minimum Gasteiger partial charge on any atom is -0.455 e. The first-order chi connectivity index (χ1) is 8.97. The topological polar surface area (TPSA) is 38.5 Å². The van der Waals surface area contributed by atoms with E-state index < -0.39 is 0 Å². The highest BCUT2D eigenvalue weighted by atomic mass is 35.5. The van der Waals surface area contributed by atoms with Crippen LogP contribution in [0.25, 0.3) is 0 Å². The van der Waals surface area contributed by atoms with Crippen molar-refractivity contribution in [2.45, 2.75) is 0 Å². The zero-order chi connectivity index (χ0) is 14.0. The molecule has 2 N–H and O–H groups in total. The number of benzene rings is 2. The van der Waals surface area contributed by atoms with Crippen molar-refractivity contribution in [3.63, 3.8) is 0 Å². The largest absolute Gasteiger partial charge is 0.455 e. The predicted octanol–water partition coefficient (Wildman–Crippen LogP) is 4.43. The van der Waals surface area contributed by atoms with Crippen LogP contribution in [-0.4, -0.2) is 14.1 Å². The Morgan fingerprint density at radius 2 is 1.74 bits per heavy atom. The quantitative estimate of drug-likeness (QED) is 0.851. The standard InChI is InChI=1S/C14H14Cl2N2O/c1-18(2)9-4-3-5-10(6-9)19-14-8-12(16)11(15)7-13(14)17/h3-8H,17H2,1-2H3. The summed E-state index contributed by atoms with van der Waals surface area (Å²) in [7, 11) is 3.93. The molecule has 0 fully saturated rings. The molecule has 0 saturated heterocycles. The molecule has 0 bridgehead atoms. The van der Waals surface area contributed by atoms with Crippen LogP contribution in [0, 0.1) is 0 Å². The summed E-state index contributed by atoms with van der Waals surface area (Å²) in [6, 6.07) is 10.9. The molecule has 2 aromatic carbocycles. The van der Waals surface area contributed by atoms with E-state index in [1.807, 2.05) is 43.3 Å². The van der Waals surface area contributed by atoms with Crippen LogP contribution in [0.3, 0.4) is 0 Å². The van der Waals surface area contributed by atoms with E-state index in [1.165, 1.54) is 0 Å². The van der Waals surface area contributed by atoms with E-state index in [4.69, 9.17) is 33.7 Å². The molecule has 0 spiro atoms. The van der Waals surface area contributed by atoms with Gasteiger partial charge in [-0.25, -0.2) is 0 Å². The molecule has 5 heteroatoms. The molecule has 0 unspecified atom stereocenters. The van der Waals surface area contributed by atoms with Crippen LogP contribution in [-0.2, 0) is 0 Å². The second-order valence-corrected chi connectivity index (χ2v) is 5.11. The molecule has 19 heavy (non-hydrogen) atoms. The number of nitrogens with zero attached hydrogens (tertiary/aromatic N) is 1. The van der Waals surface area contributed by atoms with E-state index in [9.17, 15) is 0 Å². The van der Waals surface area contributed by atoms with Crippen LogP contribution in [0.2, 0.25) is 10.0 Å². The zero-order valence-electron chi connectivity index (χ0n) is 10.7. The third-order valence-electron chi connectivity index (χ3n) is 2.61. The van der Waals surface area contributed by atoms with Crippen molar-refractivity contribution in [2.75, 3.05) is 24.7 Å². The van der Waals surface area contributed by atoms with Gasteiger partial charge in [0.2, 0.25) is 0 Å². The van der Waals surface area contributed by atoms with Crippen molar-refractivity contribution >= 4 is 34.6 Å². The van der Waals surface area contributed by atoms with E-state index in [2.05, 4.69) is 0 Å². The predicted molar refractivity (Wildman–Crippen MR) is 81.7 cm³/mol. The van der Waals surface area contributed by atoms with Gasteiger partial charge in [0.15, 0.2) is 5.75 Å². The fourth-order valence-electron chi connectivity index (χ4n) is 1.58. The highest BCUT2D eigenvalue weighted by Gasteiger charge is 2.08. The fraction of sp³-hybridized carbons (Fsp3) is 0.143. The SMILES string of the molecule is CN(C)c1cccc(Oc2cc(Cl)c(Cl)cc2N)c1. The molecule has 0 aliphatic heterocycles. The monoisotopic (exact) mass is 296 g/mol. The van der Waals surface area contributed by atoms with Gasteiger partial charge in [0.25, 0.3) is 0 Å². The number of hydrogen-bond acceptors (Lipinski definition) is 3. The fourth-order valence-corrected chi connectivity index (χ4v) is 1.91. The highest BCUT2D eigenvalue weighted by molar-refractivity contribution is 6.42. The lowest BCUT2D eigenvalue weighted by Crippen LogP contribution is -2.08. The smallest absolute Gasteiger partial charge is 0.151 e. The average Bonchev–Trinajstić information content (AvgIpc) is 2.36. The number of halogens is 2. The van der Waals surface area contributed by atoms with Gasteiger partial charge in [-0.1, -0.05) is 29.3 Å². The van der Waals surface area contributed by atoms with E-state index in [1.54, 1.807) is 12.1 Å². The Kier molecular flexibility index (Phi) is 4.08. The molecular weight excluding hydrogens is 283 g/mol. The summed E-state index contributed by atoms with van der Waals surface area (Å²) in [5.41, 5.74) is 7.34. The molecule has 0 aliphatic carbocycles. The molecule has 0 aliphatic rings. The first-order valence-corrected chi connectivity index (χ1v) is 6.42. The van der Waals surface area contributed by atoms with Crippen LogP contribution < -0.4 is 15.4 Å². The van der Waals surface area contributed by atoms with Gasteiger partial charge in [-0.05, 0) is 18.2 Å². The van der Waals surface area contributed by atoms with Gasteiger partial charge in [-0.15, -0.1) is 0 Å². The van der Waals surface area contributed by atoms with Crippen LogP contribution >= 0.6 is 23.2 Å². The van der Waals surface area contributed by atoms with Crippen molar-refractivity contribution in [3.8, 4) is 11.5 Å². The van der Waals surface area contributed by atoms with Gasteiger partial charge in [0.1, 0.15) is 5.75 Å². The maximum Gasteiger partial charge on any atom is 0.151 e. The minimum absolute atomic E-state index is 0.411. The molecule has 0 radical (unpaired) electrons. The summed E-state index contributed by atoms with van der Waals surface area (Å²) in [6.07, 6.45) is 0. The molecule has 0 saturated carbocycles. The van der Waals surface area contributed by atoms with Crippen LogP contribution in [0.1, 0.15) is 0 Å². The van der Waals surface area contributed by atoms with Gasteiger partial charge >= 0.3 is 0 Å². The summed E-state index contributed by atoms with van der Waals surface area (Å²) in [5, 5.41) is 0.822. The maximum atomic E-state index is 5.96. The van der Waals surface area contributed by atoms with E-state index in [0.717, 1.165) is 5.69 Å². The lowest BCUT2D eigenvalue weighted by Gasteiger charge is -2.15. The van der Waals surface area contributed by atoms with Crippen LogP contribution in [0.15, 0.2) is 36.4 Å². The Morgan fingerprint density at radius 3 is 2.42 bits per heavy atom. The van der Waals surface area contributed by atoms with Crippen molar-refractivity contribution in [1.29, 1.82) is 0 Å². The van der Waals surface area contributed by atoms with Crippen LogP contribution in [0.4, 0.5) is 11.4 Å². The lowest BCUT2D eigenvalue weighted by molar-refractivity contribution is 0.485. The molecule has 0 amide bonds. The second kappa shape index (κ2) is 5.59. The number of ether oxygens (including phenoxy) is 1. The zero-order valence-corrected chi connectivity index (χ0v) is 12.2. The maximum absolute atomic E-state index is 5.96. The summed E-state index contributed by atoms with van der Waals surface area (Å²) < 4.78 is 5.74. The molecule has 2 rings (SSSR count). The molecule has 3 nitrogen and oxygen atoms in total. The summed E-state index contributed by atoms with van der Waals surface area (Å²) in [5.74, 6) is 1.18. The summed E-state index contributed by atoms with van der Waals surface area (Å²) in [6.45, 7) is 0. The van der Waals surface area contributed by atoms with E-state index >= 15 is 0 Å². The number of hydrogen-bond donors (Lipinski definition) is 1. The third kappa shape index (κ3) is 3.25. The van der Waals surface area contributed by atoms with Gasteiger partial charge in [-0.3, -0.25) is 0 Å². The van der Waals surface area contributed by atoms with Gasteiger partial charge in [0, 0.05) is 31.9 Å². The van der Waals surface area contributed by atoms with E-state index in [-0.39, 0.29) is 0 Å². The number of nitrogen functional groups attached to an aromatic ring is 1. The molecule has 0 heterocycles. The van der Waals surface area contributed by atoms with Crippen molar-refractivity contribution < 1.29 is 4.74 Å². The van der Waals surface area contributed by atoms with Gasteiger partial charge in [0.05, 0.1) is 15.7 Å². The molecule has 0 atom stereocenters. The number of rotatable bonds is 3. The van der Waals surface area contributed by atoms with E-state index in [0.29, 0.717) is 27.2 Å². The Labute approximate surface area is 122 Å². The Balaban J connectivity index is 2.31. The number of anilines is 2. The Bertz CT molecular complexity index is 600. The summed E-state index contributed by atoms with van der Waals surface area (Å²) in [4.78, 5) is 1.99. The second-order valence-electron chi connectivity index (χ2n) is 4.30. The third-order valence-corrected chi connectivity index (χ3v) is 3.34. The molecule has 2 aromatic rings. The van der Waals surface area contributed by atoms with Gasteiger partial charge in [-0.2, -0.15) is 0 Å². The Hall–Kier alpha value is -1.58. The molecular formula is C14H14Cl2N2O. The number of nitrogens with two attached hydrogens (primary N) is 1. The van der Waals surface area contributed by atoms with Crippen molar-refractivity contribution in [1.82, 2.24) is 0 Å². The van der Waals surface area contributed by atoms with Crippen LogP contribution in [0.5, 0.6) is 11.5 Å². The summed E-state index contributed by atoms with van der Waals surface area (Å²) >= 11 is 11.8. The van der Waals surface area contributed by atoms with Crippen molar-refractivity contribution in [2.24, 2.45) is 0 Å². The highest BCUT2D eigenvalue weighted by Crippen LogP contribution is 2.35. The van der Waals surface area contributed by atoms with Gasteiger partial charge < -0.3 is 15.4 Å².